The summed E-state index contributed by atoms with van der Waals surface area (Å²) in [5, 5.41) is 14.0. The standard InChI is InChI=1S/C14H21N3O2/c1-11-4-6-12(7-5-11)8-9-14(18)16-10-2-3-13(15)17-19/h4-7,19H,2-3,8-10H2,1H3,(H2,15,17)(H,16,18). The number of aryl methyl sites for hydroxylation is 2. The zero-order valence-corrected chi connectivity index (χ0v) is 11.2. The molecule has 5 heteroatoms. The van der Waals surface area contributed by atoms with Gasteiger partial charge in [-0.2, -0.15) is 0 Å². The van der Waals surface area contributed by atoms with Gasteiger partial charge in [-0.15, -0.1) is 0 Å². The second kappa shape index (κ2) is 8.13. The second-order valence-electron chi connectivity index (χ2n) is 4.53. The number of hydrogen-bond donors (Lipinski definition) is 3. The monoisotopic (exact) mass is 263 g/mol. The van der Waals surface area contributed by atoms with Gasteiger partial charge in [0.25, 0.3) is 0 Å². The van der Waals surface area contributed by atoms with Gasteiger partial charge < -0.3 is 16.3 Å². The van der Waals surface area contributed by atoms with E-state index >= 15 is 0 Å². The van der Waals surface area contributed by atoms with Gasteiger partial charge in [-0.05, 0) is 25.3 Å². The molecule has 0 spiro atoms. The molecule has 104 valence electrons. The zero-order chi connectivity index (χ0) is 14.1. The van der Waals surface area contributed by atoms with Crippen LogP contribution in [0.2, 0.25) is 0 Å². The van der Waals surface area contributed by atoms with Gasteiger partial charge in [0.1, 0.15) is 5.84 Å². The van der Waals surface area contributed by atoms with Gasteiger partial charge in [0.05, 0.1) is 0 Å². The van der Waals surface area contributed by atoms with Crippen molar-refractivity contribution >= 4 is 11.7 Å². The molecule has 4 N–H and O–H groups in total. The van der Waals surface area contributed by atoms with Crippen molar-refractivity contribution in [1.82, 2.24) is 5.32 Å². The molecule has 0 aliphatic rings. The Labute approximate surface area is 113 Å². The topological polar surface area (TPSA) is 87.7 Å². The molecule has 0 fully saturated rings. The van der Waals surface area contributed by atoms with Crippen molar-refractivity contribution in [3.8, 4) is 0 Å². The summed E-state index contributed by atoms with van der Waals surface area (Å²) < 4.78 is 0. The molecule has 1 aromatic carbocycles. The summed E-state index contributed by atoms with van der Waals surface area (Å²) in [6.45, 7) is 2.58. The Morgan fingerprint density at radius 2 is 2.00 bits per heavy atom. The SMILES string of the molecule is Cc1ccc(CCC(=O)NCCCC(N)=NO)cc1. The normalized spacial score (nSPS) is 11.3. The van der Waals surface area contributed by atoms with Gasteiger partial charge in [-0.1, -0.05) is 35.0 Å². The molecule has 1 rings (SSSR count). The minimum absolute atomic E-state index is 0.0279. The Bertz CT molecular complexity index is 427. The predicted octanol–water partition coefficient (Wildman–Crippen LogP) is 1.57. The molecule has 1 aromatic rings. The maximum Gasteiger partial charge on any atom is 0.220 e. The average molecular weight is 263 g/mol. The molecular weight excluding hydrogens is 242 g/mol. The van der Waals surface area contributed by atoms with E-state index < -0.39 is 0 Å². The number of oxime groups is 1. The third kappa shape index (κ3) is 6.45. The Kier molecular flexibility index (Phi) is 6.43. The van der Waals surface area contributed by atoms with Crippen LogP contribution in [0.3, 0.4) is 0 Å². The highest BCUT2D eigenvalue weighted by molar-refractivity contribution is 5.79. The lowest BCUT2D eigenvalue weighted by molar-refractivity contribution is -0.121. The van der Waals surface area contributed by atoms with Crippen LogP contribution in [0.5, 0.6) is 0 Å². The van der Waals surface area contributed by atoms with Crippen LogP contribution in [-0.4, -0.2) is 23.5 Å². The number of nitrogens with zero attached hydrogens (tertiary/aromatic N) is 1. The Balaban J connectivity index is 2.16. The van der Waals surface area contributed by atoms with Crippen LogP contribution in [0.25, 0.3) is 0 Å². The van der Waals surface area contributed by atoms with Gasteiger partial charge in [-0.25, -0.2) is 0 Å². The smallest absolute Gasteiger partial charge is 0.220 e. The minimum Gasteiger partial charge on any atom is -0.409 e. The number of carbonyl (C=O) groups excluding carboxylic acids is 1. The lowest BCUT2D eigenvalue weighted by Gasteiger charge is -2.05. The predicted molar refractivity (Wildman–Crippen MR) is 75.2 cm³/mol. The summed E-state index contributed by atoms with van der Waals surface area (Å²) in [7, 11) is 0. The van der Waals surface area contributed by atoms with Crippen molar-refractivity contribution in [2.24, 2.45) is 10.9 Å². The van der Waals surface area contributed by atoms with E-state index in [-0.39, 0.29) is 11.7 Å². The highest BCUT2D eigenvalue weighted by atomic mass is 16.4. The molecular formula is C14H21N3O2. The molecule has 19 heavy (non-hydrogen) atoms. The highest BCUT2D eigenvalue weighted by Crippen LogP contribution is 2.05. The summed E-state index contributed by atoms with van der Waals surface area (Å²) in [6, 6.07) is 8.18. The molecule has 0 unspecified atom stereocenters. The van der Waals surface area contributed by atoms with Crippen molar-refractivity contribution < 1.29 is 10.0 Å². The van der Waals surface area contributed by atoms with Crippen LogP contribution < -0.4 is 11.1 Å². The summed E-state index contributed by atoms with van der Waals surface area (Å²) in [4.78, 5) is 11.6. The summed E-state index contributed by atoms with van der Waals surface area (Å²) in [5.41, 5.74) is 7.71. The third-order valence-corrected chi connectivity index (χ3v) is 2.82. The van der Waals surface area contributed by atoms with Crippen molar-refractivity contribution in [1.29, 1.82) is 0 Å². The van der Waals surface area contributed by atoms with Gasteiger partial charge >= 0.3 is 0 Å². The van der Waals surface area contributed by atoms with Crippen molar-refractivity contribution in [3.63, 3.8) is 0 Å². The van der Waals surface area contributed by atoms with Crippen LogP contribution in [0.4, 0.5) is 0 Å². The van der Waals surface area contributed by atoms with Crippen molar-refractivity contribution in [3.05, 3.63) is 35.4 Å². The van der Waals surface area contributed by atoms with E-state index in [1.807, 2.05) is 31.2 Å². The third-order valence-electron chi connectivity index (χ3n) is 2.82. The maximum absolute atomic E-state index is 11.6. The van der Waals surface area contributed by atoms with Crippen LogP contribution in [0.1, 0.15) is 30.4 Å². The Morgan fingerprint density at radius 3 is 2.63 bits per heavy atom. The van der Waals surface area contributed by atoms with Crippen LogP contribution in [0, 0.1) is 6.92 Å². The van der Waals surface area contributed by atoms with Gasteiger partial charge in [0.15, 0.2) is 0 Å². The molecule has 0 aliphatic carbocycles. The number of nitrogens with two attached hydrogens (primary N) is 1. The first kappa shape index (κ1) is 15.0. The van der Waals surface area contributed by atoms with Crippen molar-refractivity contribution in [2.75, 3.05) is 6.54 Å². The van der Waals surface area contributed by atoms with E-state index in [1.165, 1.54) is 5.56 Å². The summed E-state index contributed by atoms with van der Waals surface area (Å²) >= 11 is 0. The first-order valence-corrected chi connectivity index (χ1v) is 6.40. The van der Waals surface area contributed by atoms with Crippen LogP contribution >= 0.6 is 0 Å². The first-order valence-electron chi connectivity index (χ1n) is 6.40. The molecule has 0 saturated carbocycles. The van der Waals surface area contributed by atoms with E-state index in [1.54, 1.807) is 0 Å². The number of amides is 1. The molecule has 0 aliphatic heterocycles. The maximum atomic E-state index is 11.6. The van der Waals surface area contributed by atoms with E-state index in [0.717, 1.165) is 12.0 Å². The fourth-order valence-corrected chi connectivity index (χ4v) is 1.65. The van der Waals surface area contributed by atoms with E-state index in [0.29, 0.717) is 25.8 Å². The summed E-state index contributed by atoms with van der Waals surface area (Å²) in [5.74, 6) is 0.217. The number of rotatable bonds is 7. The van der Waals surface area contributed by atoms with Gasteiger partial charge in [0.2, 0.25) is 5.91 Å². The second-order valence-corrected chi connectivity index (χ2v) is 4.53. The number of carbonyl (C=O) groups is 1. The van der Waals surface area contributed by atoms with Crippen LogP contribution in [-0.2, 0) is 11.2 Å². The quantitative estimate of drug-likeness (QED) is 0.229. The molecule has 0 saturated heterocycles. The molecule has 0 atom stereocenters. The number of benzene rings is 1. The average Bonchev–Trinajstić information content (AvgIpc) is 2.42. The molecule has 0 aromatic heterocycles. The molecule has 5 nitrogen and oxygen atoms in total. The van der Waals surface area contributed by atoms with E-state index in [2.05, 4.69) is 10.5 Å². The Hall–Kier alpha value is -2.04. The molecule has 0 radical (unpaired) electrons. The van der Waals surface area contributed by atoms with E-state index in [9.17, 15) is 4.79 Å². The lowest BCUT2D eigenvalue weighted by atomic mass is 10.1. The number of amidine groups is 1. The van der Waals surface area contributed by atoms with Gasteiger partial charge in [0, 0.05) is 19.4 Å². The Morgan fingerprint density at radius 1 is 1.32 bits per heavy atom. The lowest BCUT2D eigenvalue weighted by Crippen LogP contribution is -2.25. The minimum atomic E-state index is 0.0279. The van der Waals surface area contributed by atoms with Crippen LogP contribution in [0.15, 0.2) is 29.4 Å². The molecule has 0 bridgehead atoms. The summed E-state index contributed by atoms with van der Waals surface area (Å²) in [6.07, 6.45) is 2.37. The largest absolute Gasteiger partial charge is 0.409 e. The highest BCUT2D eigenvalue weighted by Gasteiger charge is 2.02. The number of hydrogen-bond acceptors (Lipinski definition) is 3. The fraction of sp³-hybridized carbons (Fsp3) is 0.429. The first-order chi connectivity index (χ1) is 9.11. The van der Waals surface area contributed by atoms with Gasteiger partial charge in [-0.3, -0.25) is 4.79 Å². The van der Waals surface area contributed by atoms with E-state index in [4.69, 9.17) is 10.9 Å². The number of nitrogens with one attached hydrogen (secondary N) is 1. The zero-order valence-electron chi connectivity index (χ0n) is 11.2. The van der Waals surface area contributed by atoms with Crippen molar-refractivity contribution in [2.45, 2.75) is 32.6 Å². The fourth-order valence-electron chi connectivity index (χ4n) is 1.65. The molecule has 0 heterocycles. The molecule has 1 amide bonds.